The number of nitrogens with one attached hydrogen (secondary N) is 1. The number of esters is 1. The third kappa shape index (κ3) is 6.54. The number of anilines is 1. The average molecular weight is 602 g/mol. The van der Waals surface area contributed by atoms with Crippen molar-refractivity contribution in [1.82, 2.24) is 0 Å². The van der Waals surface area contributed by atoms with Crippen LogP contribution in [0.5, 0.6) is 5.75 Å². The summed E-state index contributed by atoms with van der Waals surface area (Å²) in [5.41, 5.74) is 2.59. The smallest absolute Gasteiger partial charge is 0.338 e. The first-order valence-corrected chi connectivity index (χ1v) is 12.7. The van der Waals surface area contributed by atoms with E-state index >= 15 is 0 Å². The highest BCUT2D eigenvalue weighted by Gasteiger charge is 2.12. The first-order chi connectivity index (χ1) is 18.0. The third-order valence-electron chi connectivity index (χ3n) is 5.55. The van der Waals surface area contributed by atoms with Gasteiger partial charge in [-0.2, -0.15) is 5.26 Å². The van der Waals surface area contributed by atoms with E-state index in [0.29, 0.717) is 23.4 Å². The number of nitrogens with zero attached hydrogens (tertiary/aromatic N) is 1. The maximum absolute atomic E-state index is 12.7. The number of carbonyl (C=O) groups excluding carboxylic acids is 2. The molecule has 7 heteroatoms. The predicted octanol–water partition coefficient (Wildman–Crippen LogP) is 6.75. The summed E-state index contributed by atoms with van der Waals surface area (Å²) in [5, 5.41) is 14.6. The van der Waals surface area contributed by atoms with Gasteiger partial charge in [0, 0.05) is 5.69 Å². The molecule has 0 fully saturated rings. The Morgan fingerprint density at radius 1 is 1.00 bits per heavy atom. The molecule has 0 saturated carbocycles. The number of benzene rings is 4. The van der Waals surface area contributed by atoms with Crippen LogP contribution in [0.3, 0.4) is 0 Å². The fourth-order valence-corrected chi connectivity index (χ4v) is 4.41. The van der Waals surface area contributed by atoms with Crippen LogP contribution in [0.2, 0.25) is 0 Å². The minimum atomic E-state index is -0.544. The van der Waals surface area contributed by atoms with Gasteiger partial charge in [-0.1, -0.05) is 48.5 Å². The second-order valence-electron chi connectivity index (χ2n) is 8.04. The zero-order valence-corrected chi connectivity index (χ0v) is 22.2. The van der Waals surface area contributed by atoms with Crippen molar-refractivity contribution in [2.45, 2.75) is 13.5 Å². The summed E-state index contributed by atoms with van der Waals surface area (Å²) in [5.74, 6) is -0.259. The molecule has 0 radical (unpaired) electrons. The molecule has 0 bridgehead atoms. The molecule has 6 nitrogen and oxygen atoms in total. The highest BCUT2D eigenvalue weighted by molar-refractivity contribution is 14.1. The van der Waals surface area contributed by atoms with Gasteiger partial charge in [0.1, 0.15) is 24.0 Å². The van der Waals surface area contributed by atoms with Gasteiger partial charge in [-0.3, -0.25) is 4.79 Å². The summed E-state index contributed by atoms with van der Waals surface area (Å²) in [6.45, 7) is 2.44. The molecule has 0 aliphatic rings. The second kappa shape index (κ2) is 12.2. The van der Waals surface area contributed by atoms with Crippen LogP contribution >= 0.6 is 22.6 Å². The van der Waals surface area contributed by atoms with Gasteiger partial charge >= 0.3 is 5.97 Å². The van der Waals surface area contributed by atoms with Gasteiger partial charge < -0.3 is 14.8 Å². The molecule has 0 spiro atoms. The van der Waals surface area contributed by atoms with Crippen molar-refractivity contribution in [3.05, 3.63) is 111 Å². The Morgan fingerprint density at radius 2 is 1.76 bits per heavy atom. The number of nitriles is 1. The topological polar surface area (TPSA) is 88.4 Å². The fourth-order valence-electron chi connectivity index (χ4n) is 3.72. The lowest BCUT2D eigenvalue weighted by atomic mass is 10.1. The van der Waals surface area contributed by atoms with Gasteiger partial charge in [0.2, 0.25) is 0 Å². The van der Waals surface area contributed by atoms with Crippen LogP contribution in [0, 0.1) is 14.9 Å². The van der Waals surface area contributed by atoms with E-state index in [4.69, 9.17) is 9.47 Å². The van der Waals surface area contributed by atoms with E-state index in [1.807, 2.05) is 36.4 Å². The minimum absolute atomic E-state index is 0.0466. The van der Waals surface area contributed by atoms with Crippen LogP contribution in [0.25, 0.3) is 16.8 Å². The summed E-state index contributed by atoms with van der Waals surface area (Å²) < 4.78 is 11.9. The largest absolute Gasteiger partial charge is 0.488 e. The van der Waals surface area contributed by atoms with Gasteiger partial charge in [0.05, 0.1) is 15.7 Å². The number of hydrogen-bond acceptors (Lipinski definition) is 5. The van der Waals surface area contributed by atoms with E-state index in [2.05, 4.69) is 52.2 Å². The van der Waals surface area contributed by atoms with Crippen molar-refractivity contribution >= 4 is 57.0 Å². The molecule has 37 heavy (non-hydrogen) atoms. The molecule has 4 rings (SSSR count). The fraction of sp³-hybridized carbons (Fsp3) is 0.100. The lowest BCUT2D eigenvalue weighted by Gasteiger charge is -2.11. The average Bonchev–Trinajstić information content (AvgIpc) is 2.91. The maximum Gasteiger partial charge on any atom is 0.338 e. The molecule has 0 aromatic heterocycles. The van der Waals surface area contributed by atoms with Crippen LogP contribution in [0.1, 0.15) is 28.4 Å². The van der Waals surface area contributed by atoms with E-state index in [9.17, 15) is 14.9 Å². The number of halogens is 1. The van der Waals surface area contributed by atoms with Crippen molar-refractivity contribution < 1.29 is 19.1 Å². The van der Waals surface area contributed by atoms with E-state index < -0.39 is 11.9 Å². The highest BCUT2D eigenvalue weighted by atomic mass is 127. The van der Waals surface area contributed by atoms with Gasteiger partial charge in [-0.15, -0.1) is 0 Å². The molecule has 0 saturated heterocycles. The first kappa shape index (κ1) is 25.9. The molecule has 0 atom stereocenters. The Hall–Kier alpha value is -4.16. The number of rotatable bonds is 8. The quantitative estimate of drug-likeness (QED) is 0.104. The van der Waals surface area contributed by atoms with Crippen molar-refractivity contribution in [3.63, 3.8) is 0 Å². The predicted molar refractivity (Wildman–Crippen MR) is 152 cm³/mol. The van der Waals surface area contributed by atoms with E-state index in [0.717, 1.165) is 25.7 Å². The molecule has 0 aliphatic carbocycles. The van der Waals surface area contributed by atoms with Crippen LogP contribution in [0.4, 0.5) is 5.69 Å². The normalized spacial score (nSPS) is 11.0. The molecule has 0 aliphatic heterocycles. The Balaban J connectivity index is 1.43. The lowest BCUT2D eigenvalue weighted by Crippen LogP contribution is -2.13. The van der Waals surface area contributed by atoms with Gasteiger partial charge in [-0.05, 0) is 93.9 Å². The molecular weight excluding hydrogens is 579 g/mol. The summed E-state index contributed by atoms with van der Waals surface area (Å²) in [6.07, 6.45) is 1.53. The molecule has 0 unspecified atom stereocenters. The minimum Gasteiger partial charge on any atom is -0.488 e. The Kier molecular flexibility index (Phi) is 8.54. The summed E-state index contributed by atoms with van der Waals surface area (Å²) in [4.78, 5) is 24.4. The molecule has 4 aromatic rings. The van der Waals surface area contributed by atoms with E-state index in [1.54, 1.807) is 37.3 Å². The van der Waals surface area contributed by atoms with E-state index in [1.165, 1.54) is 6.08 Å². The molecular formula is C30H23IN2O4. The lowest BCUT2D eigenvalue weighted by molar-refractivity contribution is -0.112. The van der Waals surface area contributed by atoms with Gasteiger partial charge in [-0.25, -0.2) is 4.79 Å². The number of amides is 1. The number of carbonyl (C=O) groups is 2. The summed E-state index contributed by atoms with van der Waals surface area (Å²) in [7, 11) is 0. The number of ether oxygens (including phenoxy) is 2. The highest BCUT2D eigenvalue weighted by Crippen LogP contribution is 2.26. The zero-order valence-electron chi connectivity index (χ0n) is 20.0. The molecule has 1 N–H and O–H groups in total. The van der Waals surface area contributed by atoms with Crippen molar-refractivity contribution in [2.75, 3.05) is 11.9 Å². The number of fused-ring (bicyclic) bond motifs is 1. The van der Waals surface area contributed by atoms with Crippen molar-refractivity contribution in [1.29, 1.82) is 5.26 Å². The summed E-state index contributed by atoms with van der Waals surface area (Å²) >= 11 is 2.18. The Labute approximate surface area is 228 Å². The van der Waals surface area contributed by atoms with Crippen LogP contribution in [-0.4, -0.2) is 18.5 Å². The van der Waals surface area contributed by atoms with Crippen molar-refractivity contribution in [2.24, 2.45) is 0 Å². The molecule has 0 heterocycles. The third-order valence-corrected chi connectivity index (χ3v) is 6.39. The molecule has 184 valence electrons. The monoisotopic (exact) mass is 602 g/mol. The molecule has 4 aromatic carbocycles. The number of hydrogen-bond donors (Lipinski definition) is 1. The Bertz CT molecular complexity index is 1520. The first-order valence-electron chi connectivity index (χ1n) is 11.6. The maximum atomic E-state index is 12.7. The summed E-state index contributed by atoms with van der Waals surface area (Å²) in [6, 6.07) is 28.1. The van der Waals surface area contributed by atoms with Crippen molar-refractivity contribution in [3.8, 4) is 11.8 Å². The van der Waals surface area contributed by atoms with Crippen LogP contribution in [-0.2, 0) is 16.1 Å². The van der Waals surface area contributed by atoms with Gasteiger partial charge in [0.15, 0.2) is 0 Å². The van der Waals surface area contributed by atoms with Crippen LogP contribution < -0.4 is 10.1 Å². The second-order valence-corrected chi connectivity index (χ2v) is 9.20. The standard InChI is InChI=1S/C30H23IN2O4/c1-2-36-30(35)22-11-13-25(14-12-22)33-29(34)24(18-32)16-20-10-15-28(27(31)17-20)37-19-23-8-5-7-21-6-3-4-9-26(21)23/h3-17H,2,19H2,1H3,(H,33,34)/b24-16+. The molecule has 1 amide bonds. The van der Waals surface area contributed by atoms with E-state index in [-0.39, 0.29) is 12.2 Å². The zero-order chi connectivity index (χ0) is 26.2. The Morgan fingerprint density at radius 3 is 2.49 bits per heavy atom. The van der Waals surface area contributed by atoms with Gasteiger partial charge in [0.25, 0.3) is 5.91 Å². The SMILES string of the molecule is CCOC(=O)c1ccc(NC(=O)/C(C#N)=C/c2ccc(OCc3cccc4ccccc34)c(I)c2)cc1. The van der Waals surface area contributed by atoms with Crippen LogP contribution in [0.15, 0.2) is 90.5 Å².